The number of benzene rings is 2. The molecule has 1 fully saturated rings. The van der Waals surface area contributed by atoms with Crippen molar-refractivity contribution in [1.29, 1.82) is 0 Å². The van der Waals surface area contributed by atoms with Gasteiger partial charge in [-0.05, 0) is 50.0 Å². The zero-order valence-corrected chi connectivity index (χ0v) is 22.7. The summed E-state index contributed by atoms with van der Waals surface area (Å²) in [5, 5.41) is 0.482. The molecule has 0 spiro atoms. The number of esters is 1. The summed E-state index contributed by atoms with van der Waals surface area (Å²) in [6.45, 7) is 9.22. The number of rotatable bonds is 11. The number of fused-ring (bicyclic) bond motifs is 1. The lowest BCUT2D eigenvalue weighted by atomic mass is 10.0. The van der Waals surface area contributed by atoms with Gasteiger partial charge in [0.05, 0.1) is 16.5 Å². The number of ether oxygens (including phenoxy) is 2. The van der Waals surface area contributed by atoms with Crippen molar-refractivity contribution in [3.05, 3.63) is 65.4 Å². The number of ketones is 1. The first-order chi connectivity index (χ1) is 18.5. The second-order valence-corrected chi connectivity index (χ2v) is 9.00. The average molecular weight is 522 g/mol. The van der Waals surface area contributed by atoms with Crippen LogP contribution in [0.25, 0.3) is 10.9 Å². The van der Waals surface area contributed by atoms with Gasteiger partial charge in [-0.3, -0.25) is 14.5 Å². The van der Waals surface area contributed by atoms with Crippen LogP contribution in [0.4, 0.5) is 0 Å². The number of nitrogens with zero attached hydrogens (tertiary/aromatic N) is 2. The maximum atomic E-state index is 12.9. The number of hydrogen-bond donors (Lipinski definition) is 1. The molecule has 1 saturated heterocycles. The number of likely N-dealkylation sites (tertiary alicyclic amines) is 1. The third-order valence-corrected chi connectivity index (χ3v) is 6.59. The van der Waals surface area contributed by atoms with Crippen LogP contribution in [0.3, 0.4) is 0 Å². The van der Waals surface area contributed by atoms with E-state index in [1.807, 2.05) is 61.7 Å². The third-order valence-electron chi connectivity index (χ3n) is 6.59. The van der Waals surface area contributed by atoms with Gasteiger partial charge in [-0.25, -0.2) is 4.79 Å². The second kappa shape index (κ2) is 14.3. The standard InChI is InChI=1S/C28H33N3O5.C2H6/c1-2-21-26(27(33)28(29)34)25-22(31(21)18-20-10-5-3-6-11-20)12-9-13-23(25)36-19-24(32)35-17-16-30-14-7-4-8-15-30;1-2/h3,5-6,9-13H,2,4,7-8,14-19H2,1H3,(H2,29,34);1-2H3. The molecule has 2 aromatic carbocycles. The molecule has 1 amide bonds. The molecule has 8 nitrogen and oxygen atoms in total. The molecule has 1 aromatic heterocycles. The van der Waals surface area contributed by atoms with Gasteiger partial charge in [0.15, 0.2) is 6.61 Å². The normalized spacial score (nSPS) is 13.4. The van der Waals surface area contributed by atoms with Crippen LogP contribution in [-0.2, 0) is 27.3 Å². The van der Waals surface area contributed by atoms with Crippen molar-refractivity contribution in [3.63, 3.8) is 0 Å². The van der Waals surface area contributed by atoms with Crippen molar-refractivity contribution in [2.45, 2.75) is 53.0 Å². The summed E-state index contributed by atoms with van der Waals surface area (Å²) in [7, 11) is 0. The Labute approximate surface area is 224 Å². The fourth-order valence-corrected chi connectivity index (χ4v) is 4.87. The van der Waals surface area contributed by atoms with Gasteiger partial charge >= 0.3 is 5.97 Å². The van der Waals surface area contributed by atoms with Crippen molar-refractivity contribution in [2.24, 2.45) is 5.73 Å². The molecule has 0 radical (unpaired) electrons. The van der Waals surface area contributed by atoms with Gasteiger partial charge in [0, 0.05) is 18.8 Å². The van der Waals surface area contributed by atoms with E-state index in [4.69, 9.17) is 15.2 Å². The smallest absolute Gasteiger partial charge is 0.344 e. The minimum Gasteiger partial charge on any atom is -0.481 e. The fraction of sp³-hybridized carbons (Fsp3) is 0.433. The molecule has 0 bridgehead atoms. The number of hydrogen-bond acceptors (Lipinski definition) is 6. The predicted molar refractivity (Wildman–Crippen MR) is 148 cm³/mol. The Balaban J connectivity index is 0.00000195. The minimum atomic E-state index is -1.03. The number of amides is 1. The first-order valence-corrected chi connectivity index (χ1v) is 13.5. The first kappa shape index (κ1) is 28.9. The van der Waals surface area contributed by atoms with Crippen LogP contribution < -0.4 is 10.5 Å². The van der Waals surface area contributed by atoms with Crippen molar-refractivity contribution in [3.8, 4) is 5.75 Å². The first-order valence-electron chi connectivity index (χ1n) is 13.5. The third kappa shape index (κ3) is 7.01. The highest BCUT2D eigenvalue weighted by Crippen LogP contribution is 2.35. The Hall–Kier alpha value is -3.65. The number of carbonyl (C=O) groups is 3. The van der Waals surface area contributed by atoms with E-state index in [9.17, 15) is 14.4 Å². The van der Waals surface area contributed by atoms with Gasteiger partial charge in [0.1, 0.15) is 12.4 Å². The van der Waals surface area contributed by atoms with E-state index in [1.54, 1.807) is 12.1 Å². The highest BCUT2D eigenvalue weighted by molar-refractivity contribution is 6.45. The van der Waals surface area contributed by atoms with Gasteiger partial charge < -0.3 is 19.8 Å². The van der Waals surface area contributed by atoms with Crippen LogP contribution >= 0.6 is 0 Å². The summed E-state index contributed by atoms with van der Waals surface area (Å²) in [5.41, 5.74) is 8.12. The van der Waals surface area contributed by atoms with E-state index >= 15 is 0 Å². The highest BCUT2D eigenvalue weighted by Gasteiger charge is 2.27. The molecule has 2 heterocycles. The maximum absolute atomic E-state index is 12.9. The lowest BCUT2D eigenvalue weighted by Crippen LogP contribution is -2.33. The zero-order chi connectivity index (χ0) is 27.5. The Morgan fingerprint density at radius 2 is 1.66 bits per heavy atom. The van der Waals surface area contributed by atoms with E-state index in [0.29, 0.717) is 42.9 Å². The van der Waals surface area contributed by atoms with Gasteiger partial charge in [-0.2, -0.15) is 0 Å². The topological polar surface area (TPSA) is 104 Å². The summed E-state index contributed by atoms with van der Waals surface area (Å²) in [4.78, 5) is 39.6. The van der Waals surface area contributed by atoms with Crippen molar-refractivity contribution in [1.82, 2.24) is 9.47 Å². The number of carbonyl (C=O) groups excluding carboxylic acids is 3. The molecule has 4 rings (SSSR count). The molecule has 0 unspecified atom stereocenters. The Morgan fingerprint density at radius 3 is 2.32 bits per heavy atom. The van der Waals surface area contributed by atoms with Gasteiger partial charge in [0.2, 0.25) is 0 Å². The van der Waals surface area contributed by atoms with Gasteiger partial charge in [-0.1, -0.05) is 63.6 Å². The molecule has 38 heavy (non-hydrogen) atoms. The fourth-order valence-electron chi connectivity index (χ4n) is 4.87. The molecule has 0 saturated carbocycles. The average Bonchev–Trinajstić information content (AvgIpc) is 3.27. The molecule has 0 aliphatic carbocycles. The summed E-state index contributed by atoms with van der Waals surface area (Å²) in [6, 6.07) is 15.2. The molecule has 0 atom stereocenters. The van der Waals surface area contributed by atoms with Crippen LogP contribution in [0.2, 0.25) is 0 Å². The SMILES string of the molecule is CC.CCc1c(C(=O)C(N)=O)c2c(OCC(=O)OCCN3CCCCC3)cccc2n1Cc1ccccc1. The second-order valence-electron chi connectivity index (χ2n) is 9.00. The maximum Gasteiger partial charge on any atom is 0.344 e. The lowest BCUT2D eigenvalue weighted by Gasteiger charge is -2.25. The number of nitrogens with two attached hydrogens (primary N) is 1. The number of piperidine rings is 1. The van der Waals surface area contributed by atoms with Crippen LogP contribution in [0.5, 0.6) is 5.75 Å². The van der Waals surface area contributed by atoms with Crippen molar-refractivity contribution in [2.75, 3.05) is 32.8 Å². The monoisotopic (exact) mass is 521 g/mol. The summed E-state index contributed by atoms with van der Waals surface area (Å²) < 4.78 is 13.2. The van der Waals surface area contributed by atoms with Gasteiger partial charge in [-0.15, -0.1) is 0 Å². The number of primary amides is 1. The molecule has 2 N–H and O–H groups in total. The zero-order valence-electron chi connectivity index (χ0n) is 22.7. The Kier molecular flexibility index (Phi) is 10.9. The van der Waals surface area contributed by atoms with Crippen LogP contribution in [-0.4, -0.2) is 60.0 Å². The highest BCUT2D eigenvalue weighted by atomic mass is 16.6. The van der Waals surface area contributed by atoms with E-state index in [0.717, 1.165) is 24.2 Å². The van der Waals surface area contributed by atoms with Crippen LogP contribution in [0, 0.1) is 0 Å². The van der Waals surface area contributed by atoms with Crippen LogP contribution in [0.1, 0.15) is 61.6 Å². The lowest BCUT2D eigenvalue weighted by molar-refractivity contribution is -0.146. The van der Waals surface area contributed by atoms with E-state index in [2.05, 4.69) is 4.90 Å². The number of aromatic nitrogens is 1. The van der Waals surface area contributed by atoms with Crippen LogP contribution in [0.15, 0.2) is 48.5 Å². The molecule has 1 aliphatic heterocycles. The molecule has 204 valence electrons. The Bertz CT molecular complexity index is 1230. The van der Waals surface area contributed by atoms with Crippen molar-refractivity contribution >= 4 is 28.6 Å². The number of Topliss-reactive ketones (excluding diaryl/α,β-unsaturated/α-hetero) is 1. The van der Waals surface area contributed by atoms with E-state index in [1.165, 1.54) is 19.3 Å². The molecular weight excluding hydrogens is 482 g/mol. The summed E-state index contributed by atoms with van der Waals surface area (Å²) in [5.74, 6) is -1.95. The Morgan fingerprint density at radius 1 is 0.947 bits per heavy atom. The summed E-state index contributed by atoms with van der Waals surface area (Å²) in [6.07, 6.45) is 4.12. The van der Waals surface area contributed by atoms with E-state index < -0.39 is 17.7 Å². The largest absolute Gasteiger partial charge is 0.481 e. The van der Waals surface area contributed by atoms with E-state index in [-0.39, 0.29) is 12.2 Å². The molecular formula is C30H39N3O5. The summed E-state index contributed by atoms with van der Waals surface area (Å²) >= 11 is 0. The molecule has 8 heteroatoms. The predicted octanol–water partition coefficient (Wildman–Crippen LogP) is 4.35. The molecule has 3 aromatic rings. The molecule has 1 aliphatic rings. The van der Waals surface area contributed by atoms with Crippen molar-refractivity contribution < 1.29 is 23.9 Å². The minimum absolute atomic E-state index is 0.227. The van der Waals surface area contributed by atoms with Gasteiger partial charge in [0.25, 0.3) is 11.7 Å². The quantitative estimate of drug-likeness (QED) is 0.229.